The van der Waals surface area contributed by atoms with E-state index in [0.717, 1.165) is 31.7 Å². The molecule has 2 aliphatic rings. The van der Waals surface area contributed by atoms with Crippen molar-refractivity contribution in [2.45, 2.75) is 44.2 Å². The number of piperazine rings is 1. The van der Waals surface area contributed by atoms with Crippen LogP contribution in [-0.2, 0) is 29.2 Å². The third-order valence-electron chi connectivity index (χ3n) is 6.73. The minimum absolute atomic E-state index is 0.0582. The monoisotopic (exact) mass is 444 g/mol. The zero-order chi connectivity index (χ0) is 22.5. The molecule has 2 aliphatic heterocycles. The van der Waals surface area contributed by atoms with E-state index in [9.17, 15) is 5.11 Å². The molecule has 3 aromatic carbocycles. The van der Waals surface area contributed by atoms with E-state index < -0.39 is 12.4 Å². The molecule has 3 aromatic rings. The van der Waals surface area contributed by atoms with Crippen molar-refractivity contribution in [3.05, 3.63) is 108 Å². The normalized spacial score (nSPS) is 26.1. The summed E-state index contributed by atoms with van der Waals surface area (Å²) < 4.78 is 12.2. The Kier molecular flexibility index (Phi) is 7.15. The summed E-state index contributed by atoms with van der Waals surface area (Å²) in [4.78, 5) is 4.87. The molecule has 1 N–H and O–H groups in total. The smallest absolute Gasteiger partial charge is 0.185 e. The van der Waals surface area contributed by atoms with Crippen LogP contribution < -0.4 is 0 Å². The van der Waals surface area contributed by atoms with Gasteiger partial charge in [-0.25, -0.2) is 0 Å². The lowest BCUT2D eigenvalue weighted by molar-refractivity contribution is -0.263. The molecule has 0 radical (unpaired) electrons. The molecule has 0 spiro atoms. The average Bonchev–Trinajstić information content (AvgIpc) is 2.87. The van der Waals surface area contributed by atoms with Crippen LogP contribution in [-0.4, -0.2) is 59.1 Å². The molecule has 0 bridgehead atoms. The van der Waals surface area contributed by atoms with Gasteiger partial charge in [0.2, 0.25) is 0 Å². The van der Waals surface area contributed by atoms with E-state index in [2.05, 4.69) is 58.3 Å². The van der Waals surface area contributed by atoms with Crippen LogP contribution in [0.3, 0.4) is 0 Å². The molecule has 0 saturated carbocycles. The Hall–Kier alpha value is -2.54. The predicted octanol–water partition coefficient (Wildman–Crippen LogP) is 3.68. The zero-order valence-corrected chi connectivity index (χ0v) is 18.9. The molecule has 2 heterocycles. The van der Waals surface area contributed by atoms with Crippen LogP contribution in [0.1, 0.15) is 16.7 Å². The standard InChI is InChI=1S/C28H32N2O3/c31-27-26-25(21-33-28(27)32-20-24-14-8-3-9-15-24)29(18-22-10-4-1-5-11-22)16-17-30(26)19-23-12-6-2-7-13-23/h1-15,25-28,31H,16-21H2/t25-,26-,27+,28+/m1/s1. The molecule has 0 aliphatic carbocycles. The summed E-state index contributed by atoms with van der Waals surface area (Å²) in [5.41, 5.74) is 3.61. The molecule has 0 aromatic heterocycles. The van der Waals surface area contributed by atoms with Crippen molar-refractivity contribution < 1.29 is 14.6 Å². The highest BCUT2D eigenvalue weighted by atomic mass is 16.7. The van der Waals surface area contributed by atoms with Gasteiger partial charge in [0.15, 0.2) is 6.29 Å². The van der Waals surface area contributed by atoms with Crippen LogP contribution in [0.25, 0.3) is 0 Å². The number of rotatable bonds is 7. The number of hydrogen-bond acceptors (Lipinski definition) is 5. The first-order valence-corrected chi connectivity index (χ1v) is 11.8. The van der Waals surface area contributed by atoms with Gasteiger partial charge in [-0.3, -0.25) is 9.80 Å². The van der Waals surface area contributed by atoms with Gasteiger partial charge in [-0.2, -0.15) is 0 Å². The van der Waals surface area contributed by atoms with E-state index in [4.69, 9.17) is 9.47 Å². The first-order valence-electron chi connectivity index (χ1n) is 11.8. The third kappa shape index (κ3) is 5.35. The van der Waals surface area contributed by atoms with Crippen molar-refractivity contribution in [2.75, 3.05) is 19.7 Å². The van der Waals surface area contributed by atoms with Crippen LogP contribution in [0, 0.1) is 0 Å². The highest BCUT2D eigenvalue weighted by molar-refractivity contribution is 5.18. The maximum absolute atomic E-state index is 11.5. The fourth-order valence-electron chi connectivity index (χ4n) is 5.05. The van der Waals surface area contributed by atoms with Crippen LogP contribution in [0.5, 0.6) is 0 Å². The van der Waals surface area contributed by atoms with E-state index in [0.29, 0.717) is 13.2 Å². The lowest BCUT2D eigenvalue weighted by Gasteiger charge is -2.53. The molecule has 5 heteroatoms. The van der Waals surface area contributed by atoms with Crippen LogP contribution in [0.2, 0.25) is 0 Å². The topological polar surface area (TPSA) is 45.2 Å². The molecule has 0 amide bonds. The largest absolute Gasteiger partial charge is 0.386 e. The highest BCUT2D eigenvalue weighted by Gasteiger charge is 2.47. The van der Waals surface area contributed by atoms with Gasteiger partial charge in [-0.1, -0.05) is 91.0 Å². The fraction of sp³-hybridized carbons (Fsp3) is 0.357. The van der Waals surface area contributed by atoms with E-state index >= 15 is 0 Å². The zero-order valence-electron chi connectivity index (χ0n) is 18.9. The summed E-state index contributed by atoms with van der Waals surface area (Å²) >= 11 is 0. The Morgan fingerprint density at radius 2 is 1.24 bits per heavy atom. The van der Waals surface area contributed by atoms with Gasteiger partial charge in [0, 0.05) is 26.2 Å². The summed E-state index contributed by atoms with van der Waals surface area (Å²) in [5, 5.41) is 11.5. The second kappa shape index (κ2) is 10.6. The number of aliphatic hydroxyl groups is 1. The van der Waals surface area contributed by atoms with E-state index in [1.54, 1.807) is 0 Å². The summed E-state index contributed by atoms with van der Waals surface area (Å²) in [6.07, 6.45) is -1.36. The highest BCUT2D eigenvalue weighted by Crippen LogP contribution is 2.30. The Morgan fingerprint density at radius 3 is 1.85 bits per heavy atom. The van der Waals surface area contributed by atoms with E-state index in [1.165, 1.54) is 11.1 Å². The first-order chi connectivity index (χ1) is 16.3. The van der Waals surface area contributed by atoms with Gasteiger partial charge in [0.25, 0.3) is 0 Å². The molecule has 33 heavy (non-hydrogen) atoms. The number of aliphatic hydroxyl groups excluding tert-OH is 1. The van der Waals surface area contributed by atoms with Crippen molar-refractivity contribution in [1.82, 2.24) is 9.80 Å². The second-order valence-corrected chi connectivity index (χ2v) is 8.96. The Bertz CT molecular complexity index is 986. The Labute approximate surface area is 196 Å². The number of ether oxygens (including phenoxy) is 2. The quantitative estimate of drug-likeness (QED) is 0.602. The lowest BCUT2D eigenvalue weighted by Crippen LogP contribution is -2.69. The number of benzene rings is 3. The van der Waals surface area contributed by atoms with Gasteiger partial charge < -0.3 is 14.6 Å². The van der Waals surface area contributed by atoms with Gasteiger partial charge in [-0.15, -0.1) is 0 Å². The van der Waals surface area contributed by atoms with Crippen molar-refractivity contribution in [3.63, 3.8) is 0 Å². The van der Waals surface area contributed by atoms with E-state index in [-0.39, 0.29) is 12.1 Å². The van der Waals surface area contributed by atoms with Crippen LogP contribution in [0.15, 0.2) is 91.0 Å². The Balaban J connectivity index is 1.33. The average molecular weight is 445 g/mol. The number of hydrogen-bond donors (Lipinski definition) is 1. The van der Waals surface area contributed by atoms with Gasteiger partial charge in [-0.05, 0) is 16.7 Å². The van der Waals surface area contributed by atoms with Crippen molar-refractivity contribution in [3.8, 4) is 0 Å². The molecule has 5 rings (SSSR count). The molecule has 4 atom stereocenters. The number of fused-ring (bicyclic) bond motifs is 1. The van der Waals surface area contributed by atoms with Crippen molar-refractivity contribution >= 4 is 0 Å². The van der Waals surface area contributed by atoms with Crippen LogP contribution >= 0.6 is 0 Å². The second-order valence-electron chi connectivity index (χ2n) is 8.96. The van der Waals surface area contributed by atoms with Crippen molar-refractivity contribution in [2.24, 2.45) is 0 Å². The van der Waals surface area contributed by atoms with Crippen molar-refractivity contribution in [1.29, 1.82) is 0 Å². The maximum Gasteiger partial charge on any atom is 0.185 e. The third-order valence-corrected chi connectivity index (χ3v) is 6.73. The summed E-state index contributed by atoms with van der Waals surface area (Å²) in [6, 6.07) is 31.1. The molecular formula is C28H32N2O3. The van der Waals surface area contributed by atoms with Gasteiger partial charge >= 0.3 is 0 Å². The fourth-order valence-corrected chi connectivity index (χ4v) is 5.05. The minimum atomic E-state index is -0.727. The summed E-state index contributed by atoms with van der Waals surface area (Å²) in [6.45, 7) is 4.46. The first kappa shape index (κ1) is 22.3. The molecule has 2 fully saturated rings. The van der Waals surface area contributed by atoms with Gasteiger partial charge in [0.1, 0.15) is 6.10 Å². The maximum atomic E-state index is 11.5. The SMILES string of the molecule is O[C@@H]1[C@@H](OCc2ccccc2)OC[C@@H]2[C@H]1N(Cc1ccccc1)CCN2Cc1ccccc1. The summed E-state index contributed by atoms with van der Waals surface area (Å²) in [7, 11) is 0. The molecule has 172 valence electrons. The molecular weight excluding hydrogens is 412 g/mol. The predicted molar refractivity (Wildman–Crippen MR) is 128 cm³/mol. The van der Waals surface area contributed by atoms with Crippen LogP contribution in [0.4, 0.5) is 0 Å². The number of nitrogens with zero attached hydrogens (tertiary/aromatic N) is 2. The van der Waals surface area contributed by atoms with E-state index in [1.807, 2.05) is 42.5 Å². The summed E-state index contributed by atoms with van der Waals surface area (Å²) in [5.74, 6) is 0. The molecule has 5 nitrogen and oxygen atoms in total. The lowest BCUT2D eigenvalue weighted by atomic mass is 9.92. The molecule has 2 saturated heterocycles. The molecule has 0 unspecified atom stereocenters. The Morgan fingerprint density at radius 1 is 0.727 bits per heavy atom. The minimum Gasteiger partial charge on any atom is -0.386 e. The van der Waals surface area contributed by atoms with Gasteiger partial charge in [0.05, 0.1) is 25.3 Å².